The molecule has 0 N–H and O–H groups in total. The Hall–Kier alpha value is -2.52. The van der Waals surface area contributed by atoms with Gasteiger partial charge in [0.05, 0.1) is 29.8 Å². The molecule has 1 saturated heterocycles. The molecule has 1 aliphatic rings. The Bertz CT molecular complexity index is 1060. The van der Waals surface area contributed by atoms with Crippen LogP contribution in [0, 0.1) is 5.82 Å². The van der Waals surface area contributed by atoms with Crippen LogP contribution in [0.25, 0.3) is 0 Å². The van der Waals surface area contributed by atoms with Gasteiger partial charge in [-0.2, -0.15) is 0 Å². The summed E-state index contributed by atoms with van der Waals surface area (Å²) in [6.07, 6.45) is 1.70. The third-order valence-electron chi connectivity index (χ3n) is 5.40. The molecule has 174 valence electrons. The van der Waals surface area contributed by atoms with Gasteiger partial charge in [0.25, 0.3) is 0 Å². The Kier molecular flexibility index (Phi) is 7.84. The van der Waals surface area contributed by atoms with Crippen molar-refractivity contribution < 1.29 is 22.3 Å². The van der Waals surface area contributed by atoms with Crippen LogP contribution in [0.3, 0.4) is 0 Å². The van der Waals surface area contributed by atoms with E-state index in [0.717, 1.165) is 6.26 Å². The highest BCUT2D eigenvalue weighted by atomic mass is 35.5. The van der Waals surface area contributed by atoms with Crippen LogP contribution in [0.2, 0.25) is 5.02 Å². The first kappa shape index (κ1) is 24.1. The van der Waals surface area contributed by atoms with E-state index in [1.165, 1.54) is 23.5 Å². The van der Waals surface area contributed by atoms with Crippen LogP contribution in [0.4, 0.5) is 15.8 Å². The lowest BCUT2D eigenvalue weighted by atomic mass is 10.2. The third kappa shape index (κ3) is 5.83. The molecule has 32 heavy (non-hydrogen) atoms. The van der Waals surface area contributed by atoms with Crippen molar-refractivity contribution >= 4 is 38.9 Å². The van der Waals surface area contributed by atoms with Gasteiger partial charge in [0.15, 0.2) is 0 Å². The summed E-state index contributed by atoms with van der Waals surface area (Å²) in [6, 6.07) is 11.4. The Morgan fingerprint density at radius 1 is 1.16 bits per heavy atom. The lowest BCUT2D eigenvalue weighted by Crippen LogP contribution is -2.49. The van der Waals surface area contributed by atoms with Gasteiger partial charge >= 0.3 is 0 Å². The second-order valence-electron chi connectivity index (χ2n) is 7.58. The molecule has 1 heterocycles. The molecule has 0 aromatic heterocycles. The molecule has 0 atom stereocenters. The zero-order valence-corrected chi connectivity index (χ0v) is 19.7. The smallest absolute Gasteiger partial charge is 0.232 e. The summed E-state index contributed by atoms with van der Waals surface area (Å²) in [6.45, 7) is 2.25. The number of piperazine rings is 1. The zero-order chi connectivity index (χ0) is 23.3. The molecular formula is C22H27ClFN3O4S. The summed E-state index contributed by atoms with van der Waals surface area (Å²) in [5, 5.41) is 0.308. The van der Waals surface area contributed by atoms with E-state index in [0.29, 0.717) is 54.7 Å². The predicted octanol–water partition coefficient (Wildman–Crippen LogP) is 3.38. The number of carbonyl (C=O) groups excluding carboxylic acids is 1. The Balaban J connectivity index is 1.55. The summed E-state index contributed by atoms with van der Waals surface area (Å²) in [5.41, 5.74) is 0.964. The minimum Gasteiger partial charge on any atom is -0.495 e. The first-order valence-corrected chi connectivity index (χ1v) is 12.5. The van der Waals surface area contributed by atoms with Gasteiger partial charge in [-0.15, -0.1) is 0 Å². The van der Waals surface area contributed by atoms with Crippen LogP contribution < -0.4 is 13.9 Å². The van der Waals surface area contributed by atoms with Crippen LogP contribution in [0.5, 0.6) is 5.75 Å². The molecule has 0 aliphatic carbocycles. The second-order valence-corrected chi connectivity index (χ2v) is 9.89. The monoisotopic (exact) mass is 483 g/mol. The van der Waals surface area contributed by atoms with Crippen LogP contribution >= 0.6 is 11.6 Å². The standard InChI is InChI=1S/C22H27ClFN3O4S/c1-31-21-10-9-17(16-18(21)23)27(32(2,29)30)11-5-8-22(28)26-14-12-25(13-15-26)20-7-4-3-6-19(20)24/h3-4,6-7,9-10,16H,5,8,11-15H2,1-2H3. The molecular weight excluding hydrogens is 457 g/mol. The number of methoxy groups -OCH3 is 1. The molecule has 10 heteroatoms. The number of rotatable bonds is 8. The van der Waals surface area contributed by atoms with E-state index < -0.39 is 10.0 Å². The van der Waals surface area contributed by atoms with E-state index in [9.17, 15) is 17.6 Å². The van der Waals surface area contributed by atoms with Crippen molar-refractivity contribution in [2.45, 2.75) is 12.8 Å². The normalized spacial score (nSPS) is 14.4. The molecule has 1 fully saturated rings. The van der Waals surface area contributed by atoms with Gasteiger partial charge in [0, 0.05) is 39.1 Å². The summed E-state index contributed by atoms with van der Waals surface area (Å²) >= 11 is 6.14. The number of para-hydroxylation sites is 1. The van der Waals surface area contributed by atoms with E-state index >= 15 is 0 Å². The molecule has 7 nitrogen and oxygen atoms in total. The number of carbonyl (C=O) groups is 1. The van der Waals surface area contributed by atoms with Gasteiger partial charge < -0.3 is 14.5 Å². The number of benzene rings is 2. The lowest BCUT2D eigenvalue weighted by molar-refractivity contribution is -0.131. The summed E-state index contributed by atoms with van der Waals surface area (Å²) in [5.74, 6) is 0.139. The highest BCUT2D eigenvalue weighted by Gasteiger charge is 2.24. The Morgan fingerprint density at radius 3 is 2.44 bits per heavy atom. The molecule has 2 aromatic carbocycles. The fourth-order valence-corrected chi connectivity index (χ4v) is 4.94. The molecule has 0 bridgehead atoms. The maximum absolute atomic E-state index is 14.0. The van der Waals surface area contributed by atoms with Gasteiger partial charge in [0.2, 0.25) is 15.9 Å². The first-order valence-electron chi connectivity index (χ1n) is 10.3. The summed E-state index contributed by atoms with van der Waals surface area (Å²) in [4.78, 5) is 16.3. The average molecular weight is 484 g/mol. The molecule has 1 amide bonds. The Morgan fingerprint density at radius 2 is 1.84 bits per heavy atom. The third-order valence-corrected chi connectivity index (χ3v) is 6.89. The highest BCUT2D eigenvalue weighted by Crippen LogP contribution is 2.30. The SMILES string of the molecule is COc1ccc(N(CCCC(=O)N2CCN(c3ccccc3F)CC2)S(C)(=O)=O)cc1Cl. The molecule has 0 unspecified atom stereocenters. The molecule has 0 saturated carbocycles. The number of sulfonamides is 1. The van der Waals surface area contributed by atoms with Gasteiger partial charge in [-0.05, 0) is 36.8 Å². The van der Waals surface area contributed by atoms with Crippen molar-refractivity contribution in [3.8, 4) is 5.75 Å². The minimum absolute atomic E-state index is 0.0422. The number of anilines is 2. The molecule has 3 rings (SSSR count). The molecule has 0 radical (unpaired) electrons. The fourth-order valence-electron chi connectivity index (χ4n) is 3.73. The van der Waals surface area contributed by atoms with E-state index in [1.54, 1.807) is 35.2 Å². The first-order chi connectivity index (χ1) is 15.2. The number of halogens is 2. The summed E-state index contributed by atoms with van der Waals surface area (Å²) in [7, 11) is -2.07. The topological polar surface area (TPSA) is 70.2 Å². The van der Waals surface area contributed by atoms with E-state index in [2.05, 4.69) is 0 Å². The van der Waals surface area contributed by atoms with Gasteiger partial charge in [-0.1, -0.05) is 23.7 Å². The van der Waals surface area contributed by atoms with Crippen LogP contribution in [0.15, 0.2) is 42.5 Å². The minimum atomic E-state index is -3.55. The van der Waals surface area contributed by atoms with Gasteiger partial charge in [-0.3, -0.25) is 9.10 Å². The van der Waals surface area contributed by atoms with Crippen LogP contribution in [0.1, 0.15) is 12.8 Å². The average Bonchev–Trinajstić information content (AvgIpc) is 2.76. The quantitative estimate of drug-likeness (QED) is 0.575. The predicted molar refractivity (Wildman–Crippen MR) is 125 cm³/mol. The van der Waals surface area contributed by atoms with Crippen LogP contribution in [-0.2, 0) is 14.8 Å². The lowest BCUT2D eigenvalue weighted by Gasteiger charge is -2.36. The Labute approximate surface area is 193 Å². The largest absolute Gasteiger partial charge is 0.495 e. The summed E-state index contributed by atoms with van der Waals surface area (Å²) < 4.78 is 44.9. The number of nitrogens with zero attached hydrogens (tertiary/aromatic N) is 3. The van der Waals surface area contributed by atoms with Crippen molar-refractivity contribution in [2.75, 3.05) is 55.3 Å². The molecule has 2 aromatic rings. The van der Waals surface area contributed by atoms with Crippen molar-refractivity contribution in [2.24, 2.45) is 0 Å². The van der Waals surface area contributed by atoms with Crippen LogP contribution in [-0.4, -0.2) is 65.3 Å². The number of hydrogen-bond acceptors (Lipinski definition) is 5. The van der Waals surface area contributed by atoms with E-state index in [4.69, 9.17) is 16.3 Å². The van der Waals surface area contributed by atoms with Gasteiger partial charge in [0.1, 0.15) is 11.6 Å². The zero-order valence-electron chi connectivity index (χ0n) is 18.1. The number of amides is 1. The second kappa shape index (κ2) is 10.4. The van der Waals surface area contributed by atoms with Crippen molar-refractivity contribution in [3.63, 3.8) is 0 Å². The molecule has 0 spiro atoms. The van der Waals surface area contributed by atoms with Gasteiger partial charge in [-0.25, -0.2) is 12.8 Å². The number of ether oxygens (including phenoxy) is 1. The van der Waals surface area contributed by atoms with Crippen molar-refractivity contribution in [1.82, 2.24) is 4.90 Å². The van der Waals surface area contributed by atoms with Crippen molar-refractivity contribution in [1.29, 1.82) is 0 Å². The number of hydrogen-bond donors (Lipinski definition) is 0. The maximum Gasteiger partial charge on any atom is 0.232 e. The fraction of sp³-hybridized carbons (Fsp3) is 0.409. The molecule has 1 aliphatic heterocycles. The van der Waals surface area contributed by atoms with Crippen molar-refractivity contribution in [3.05, 3.63) is 53.3 Å². The highest BCUT2D eigenvalue weighted by molar-refractivity contribution is 7.92. The van der Waals surface area contributed by atoms with E-state index in [1.807, 2.05) is 4.90 Å². The van der Waals surface area contributed by atoms with E-state index in [-0.39, 0.29) is 24.7 Å². The maximum atomic E-state index is 14.0.